The van der Waals surface area contributed by atoms with Crippen LogP contribution >= 0.6 is 0 Å². The summed E-state index contributed by atoms with van der Waals surface area (Å²) < 4.78 is 6.96. The van der Waals surface area contributed by atoms with Crippen molar-refractivity contribution in [3.05, 3.63) is 30.1 Å². The lowest BCUT2D eigenvalue weighted by Gasteiger charge is -2.06. The number of nitrogens with two attached hydrogens (primary N) is 1. The predicted octanol–water partition coefficient (Wildman–Crippen LogP) is 0.930. The Hall–Kier alpha value is -1.75. The van der Waals surface area contributed by atoms with Crippen molar-refractivity contribution in [3.63, 3.8) is 0 Å². The molecule has 1 heterocycles. The molecule has 0 unspecified atom stereocenters. The van der Waals surface area contributed by atoms with Crippen LogP contribution < -0.4 is 11.1 Å². The normalized spacial score (nSPS) is 10.2. The number of nitrogen functional groups attached to an aromatic ring is 1. The highest BCUT2D eigenvalue weighted by atomic mass is 16.5. The van der Waals surface area contributed by atoms with Crippen LogP contribution in [0.3, 0.4) is 0 Å². The smallest absolute Gasteiger partial charge is 0.268 e. The minimum absolute atomic E-state index is 0.150. The highest BCUT2D eigenvalue weighted by Gasteiger charge is 2.09. The van der Waals surface area contributed by atoms with Crippen molar-refractivity contribution < 1.29 is 9.53 Å². The third kappa shape index (κ3) is 4.32. The van der Waals surface area contributed by atoms with Gasteiger partial charge in [-0.05, 0) is 13.0 Å². The fourth-order valence-corrected chi connectivity index (χ4v) is 1.39. The maximum absolute atomic E-state index is 11.7. The van der Waals surface area contributed by atoms with E-state index in [-0.39, 0.29) is 5.91 Å². The number of rotatable bonds is 6. The van der Waals surface area contributed by atoms with Crippen molar-refractivity contribution in [1.29, 1.82) is 0 Å². The molecule has 1 aromatic heterocycles. The third-order valence-corrected chi connectivity index (χ3v) is 2.14. The van der Waals surface area contributed by atoms with Crippen LogP contribution in [0.25, 0.3) is 0 Å². The van der Waals surface area contributed by atoms with Gasteiger partial charge in [0.15, 0.2) is 0 Å². The zero-order valence-electron chi connectivity index (χ0n) is 10.3. The lowest BCUT2D eigenvalue weighted by Crippen LogP contribution is -2.28. The lowest BCUT2D eigenvalue weighted by atomic mass is 10.4. The van der Waals surface area contributed by atoms with Crippen LogP contribution in [0.15, 0.2) is 24.4 Å². The van der Waals surface area contributed by atoms with Gasteiger partial charge in [0.1, 0.15) is 5.69 Å². The molecule has 5 heteroatoms. The standard InChI is InChI=1S/C12H19N3O2/c1-9(2)8-17-5-4-14-12(16)11-6-10(13)7-15(11)3/h6-7H,1,4-5,8,13H2,2-3H3,(H,14,16). The summed E-state index contributed by atoms with van der Waals surface area (Å²) in [5, 5.41) is 2.76. The molecule has 0 aliphatic heterocycles. The van der Waals surface area contributed by atoms with Crippen molar-refractivity contribution in [2.45, 2.75) is 6.92 Å². The number of ether oxygens (including phenoxy) is 1. The van der Waals surface area contributed by atoms with Gasteiger partial charge in [0, 0.05) is 19.8 Å². The molecule has 0 aliphatic rings. The molecule has 17 heavy (non-hydrogen) atoms. The summed E-state index contributed by atoms with van der Waals surface area (Å²) in [4.78, 5) is 11.7. The van der Waals surface area contributed by atoms with Gasteiger partial charge < -0.3 is 20.4 Å². The van der Waals surface area contributed by atoms with Crippen molar-refractivity contribution in [3.8, 4) is 0 Å². The summed E-state index contributed by atoms with van der Waals surface area (Å²) in [6, 6.07) is 1.64. The van der Waals surface area contributed by atoms with Gasteiger partial charge in [-0.1, -0.05) is 12.2 Å². The van der Waals surface area contributed by atoms with Gasteiger partial charge in [0.05, 0.1) is 18.9 Å². The van der Waals surface area contributed by atoms with Crippen LogP contribution in [0.5, 0.6) is 0 Å². The molecular formula is C12H19N3O2. The number of aromatic nitrogens is 1. The third-order valence-electron chi connectivity index (χ3n) is 2.14. The highest BCUT2D eigenvalue weighted by molar-refractivity contribution is 5.93. The van der Waals surface area contributed by atoms with Crippen LogP contribution in [0.2, 0.25) is 0 Å². The molecule has 0 spiro atoms. The van der Waals surface area contributed by atoms with Crippen molar-refractivity contribution in [2.75, 3.05) is 25.5 Å². The van der Waals surface area contributed by atoms with E-state index in [1.54, 1.807) is 23.9 Å². The first-order chi connectivity index (χ1) is 8.00. The van der Waals surface area contributed by atoms with E-state index in [4.69, 9.17) is 10.5 Å². The summed E-state index contributed by atoms with van der Waals surface area (Å²) >= 11 is 0. The first kappa shape index (κ1) is 13.3. The number of carbonyl (C=O) groups excluding carboxylic acids is 1. The van der Waals surface area contributed by atoms with E-state index < -0.39 is 0 Å². The number of aryl methyl sites for hydroxylation is 1. The first-order valence-electron chi connectivity index (χ1n) is 5.43. The minimum Gasteiger partial charge on any atom is -0.397 e. The largest absolute Gasteiger partial charge is 0.397 e. The van der Waals surface area contributed by atoms with Crippen LogP contribution in [-0.4, -0.2) is 30.2 Å². The number of anilines is 1. The van der Waals surface area contributed by atoms with Gasteiger partial charge >= 0.3 is 0 Å². The van der Waals surface area contributed by atoms with Gasteiger partial charge in [-0.2, -0.15) is 0 Å². The number of amides is 1. The van der Waals surface area contributed by atoms with Crippen molar-refractivity contribution in [1.82, 2.24) is 9.88 Å². The molecule has 94 valence electrons. The van der Waals surface area contributed by atoms with E-state index >= 15 is 0 Å². The molecule has 0 saturated carbocycles. The second-order valence-electron chi connectivity index (χ2n) is 4.04. The van der Waals surface area contributed by atoms with E-state index in [0.717, 1.165) is 5.57 Å². The Morgan fingerprint density at radius 2 is 2.35 bits per heavy atom. The van der Waals surface area contributed by atoms with E-state index in [1.165, 1.54) is 0 Å². The molecule has 3 N–H and O–H groups in total. The maximum Gasteiger partial charge on any atom is 0.268 e. The Kier molecular flexibility index (Phi) is 4.78. The Labute approximate surface area is 101 Å². The molecule has 1 aromatic rings. The van der Waals surface area contributed by atoms with E-state index in [1.807, 2.05) is 6.92 Å². The summed E-state index contributed by atoms with van der Waals surface area (Å²) in [6.07, 6.45) is 1.70. The van der Waals surface area contributed by atoms with Gasteiger partial charge in [0.25, 0.3) is 5.91 Å². The molecule has 0 aliphatic carbocycles. The fourth-order valence-electron chi connectivity index (χ4n) is 1.39. The first-order valence-corrected chi connectivity index (χ1v) is 5.43. The molecule has 0 saturated heterocycles. The molecule has 0 aromatic carbocycles. The monoisotopic (exact) mass is 237 g/mol. The second-order valence-corrected chi connectivity index (χ2v) is 4.04. The van der Waals surface area contributed by atoms with E-state index in [9.17, 15) is 4.79 Å². The quantitative estimate of drug-likeness (QED) is 0.571. The summed E-state index contributed by atoms with van der Waals surface area (Å²) in [5.41, 5.74) is 7.68. The average Bonchev–Trinajstić information content (AvgIpc) is 2.56. The summed E-state index contributed by atoms with van der Waals surface area (Å²) in [5.74, 6) is -0.150. The number of hydrogen-bond acceptors (Lipinski definition) is 3. The molecule has 0 bridgehead atoms. The van der Waals surface area contributed by atoms with E-state index in [2.05, 4.69) is 11.9 Å². The molecule has 1 rings (SSSR count). The molecule has 5 nitrogen and oxygen atoms in total. The SMILES string of the molecule is C=C(C)COCCNC(=O)c1cc(N)cn1C. The summed E-state index contributed by atoms with van der Waals surface area (Å²) in [7, 11) is 1.78. The average molecular weight is 237 g/mol. The molecule has 0 atom stereocenters. The van der Waals surface area contributed by atoms with Crippen molar-refractivity contribution in [2.24, 2.45) is 7.05 Å². The zero-order chi connectivity index (χ0) is 12.8. The molecule has 0 fully saturated rings. The number of nitrogens with one attached hydrogen (secondary N) is 1. The van der Waals surface area contributed by atoms with Gasteiger partial charge in [-0.15, -0.1) is 0 Å². The Bertz CT molecular complexity index is 410. The number of hydrogen-bond donors (Lipinski definition) is 2. The lowest BCUT2D eigenvalue weighted by molar-refractivity contribution is 0.0919. The van der Waals surface area contributed by atoms with Gasteiger partial charge in [-0.3, -0.25) is 4.79 Å². The van der Waals surface area contributed by atoms with Crippen LogP contribution in [0.4, 0.5) is 5.69 Å². The van der Waals surface area contributed by atoms with Gasteiger partial charge in [-0.25, -0.2) is 0 Å². The maximum atomic E-state index is 11.7. The van der Waals surface area contributed by atoms with Crippen LogP contribution in [-0.2, 0) is 11.8 Å². The Morgan fingerprint density at radius 1 is 1.65 bits per heavy atom. The highest BCUT2D eigenvalue weighted by Crippen LogP contribution is 2.07. The molecule has 1 amide bonds. The van der Waals surface area contributed by atoms with Crippen LogP contribution in [0, 0.1) is 0 Å². The van der Waals surface area contributed by atoms with Crippen LogP contribution in [0.1, 0.15) is 17.4 Å². The van der Waals surface area contributed by atoms with Gasteiger partial charge in [0.2, 0.25) is 0 Å². The summed E-state index contributed by atoms with van der Waals surface area (Å²) in [6.45, 7) is 7.08. The zero-order valence-corrected chi connectivity index (χ0v) is 10.3. The fraction of sp³-hybridized carbons (Fsp3) is 0.417. The Balaban J connectivity index is 2.30. The topological polar surface area (TPSA) is 69.3 Å². The number of nitrogens with zero attached hydrogens (tertiary/aromatic N) is 1. The Morgan fingerprint density at radius 3 is 2.88 bits per heavy atom. The van der Waals surface area contributed by atoms with E-state index in [0.29, 0.717) is 31.1 Å². The van der Waals surface area contributed by atoms with Crippen molar-refractivity contribution >= 4 is 11.6 Å². The second kappa shape index (κ2) is 6.10. The molecular weight excluding hydrogens is 218 g/mol. The molecule has 0 radical (unpaired) electrons. The minimum atomic E-state index is -0.150. The predicted molar refractivity (Wildman–Crippen MR) is 67.8 cm³/mol. The number of carbonyl (C=O) groups is 1.